The zero-order valence-corrected chi connectivity index (χ0v) is 4.90. The zero-order chi connectivity index (χ0) is 6.85. The maximum absolute atomic E-state index is 8.86. The third-order valence-electron chi connectivity index (χ3n) is 1.35. The fourth-order valence-corrected chi connectivity index (χ4v) is 0.752. The number of hydrogen-bond donors (Lipinski definition) is 3. The summed E-state index contributed by atoms with van der Waals surface area (Å²) in [6.07, 6.45) is -2.49. The van der Waals surface area contributed by atoms with Crippen molar-refractivity contribution in [2.45, 2.75) is 24.9 Å². The number of aliphatic hydroxyl groups excluding tert-OH is 3. The summed E-state index contributed by atoms with van der Waals surface area (Å²) >= 11 is 0. The zero-order valence-electron chi connectivity index (χ0n) is 4.90. The van der Waals surface area contributed by atoms with Crippen LogP contribution in [0.4, 0.5) is 0 Å². The van der Waals surface area contributed by atoms with Crippen LogP contribution in [-0.4, -0.2) is 40.4 Å². The van der Waals surface area contributed by atoms with Gasteiger partial charge in [-0.1, -0.05) is 0 Å². The highest BCUT2D eigenvalue weighted by Gasteiger charge is 2.26. The third-order valence-corrected chi connectivity index (χ3v) is 1.35. The van der Waals surface area contributed by atoms with Crippen molar-refractivity contribution in [2.75, 3.05) is 6.61 Å². The second-order valence-corrected chi connectivity index (χ2v) is 2.16. The highest BCUT2D eigenvalue weighted by atomic mass is 16.6. The quantitative estimate of drug-likeness (QED) is 0.375. The van der Waals surface area contributed by atoms with E-state index >= 15 is 0 Å². The molecule has 0 aliphatic carbocycles. The summed E-state index contributed by atoms with van der Waals surface area (Å²) in [6.45, 7) is 0.0162. The van der Waals surface area contributed by atoms with Gasteiger partial charge >= 0.3 is 0 Å². The molecule has 4 nitrogen and oxygen atoms in total. The van der Waals surface area contributed by atoms with Gasteiger partial charge in [0.1, 0.15) is 6.10 Å². The monoisotopic (exact) mass is 134 g/mol. The van der Waals surface area contributed by atoms with Crippen LogP contribution in [0.5, 0.6) is 0 Å². The lowest BCUT2D eigenvalue weighted by Crippen LogP contribution is -2.40. The summed E-state index contributed by atoms with van der Waals surface area (Å²) in [5.41, 5.74) is 0. The maximum Gasteiger partial charge on any atom is 0.157 e. The predicted molar refractivity (Wildman–Crippen MR) is 28.6 cm³/mol. The molecule has 3 atom stereocenters. The molecule has 1 saturated heterocycles. The van der Waals surface area contributed by atoms with Gasteiger partial charge in [-0.05, 0) is 0 Å². The lowest BCUT2D eigenvalue weighted by Gasteiger charge is -2.26. The van der Waals surface area contributed by atoms with Crippen LogP contribution in [0.15, 0.2) is 0 Å². The van der Waals surface area contributed by atoms with E-state index in [1.165, 1.54) is 0 Å². The Kier molecular flexibility index (Phi) is 2.02. The van der Waals surface area contributed by atoms with E-state index in [1.54, 1.807) is 0 Å². The summed E-state index contributed by atoms with van der Waals surface area (Å²) in [5, 5.41) is 26.4. The molecule has 1 aliphatic heterocycles. The molecule has 0 saturated carbocycles. The molecule has 9 heavy (non-hydrogen) atoms. The van der Waals surface area contributed by atoms with Gasteiger partial charge in [-0.3, -0.25) is 0 Å². The van der Waals surface area contributed by atoms with Gasteiger partial charge in [0.05, 0.1) is 12.7 Å². The molecule has 1 fully saturated rings. The molecule has 0 radical (unpaired) electrons. The fraction of sp³-hybridized carbons (Fsp3) is 1.00. The Morgan fingerprint density at radius 2 is 1.78 bits per heavy atom. The molecule has 0 spiro atoms. The molecule has 1 rings (SSSR count). The second-order valence-electron chi connectivity index (χ2n) is 2.16. The molecule has 0 amide bonds. The molecule has 4 heteroatoms. The number of hydrogen-bond acceptors (Lipinski definition) is 4. The maximum atomic E-state index is 8.86. The summed E-state index contributed by atoms with van der Waals surface area (Å²) in [6, 6.07) is 0. The minimum Gasteiger partial charge on any atom is -0.390 e. The van der Waals surface area contributed by atoms with Crippen LogP contribution in [0.1, 0.15) is 6.42 Å². The topological polar surface area (TPSA) is 69.9 Å². The Balaban J connectivity index is 2.35. The smallest absolute Gasteiger partial charge is 0.157 e. The predicted octanol–water partition coefficient (Wildman–Crippen LogP) is -1.55. The molecule has 3 N–H and O–H groups in total. The van der Waals surface area contributed by atoms with Crippen molar-refractivity contribution in [3.8, 4) is 0 Å². The number of aliphatic hydroxyl groups is 3. The van der Waals surface area contributed by atoms with Gasteiger partial charge in [0.15, 0.2) is 6.29 Å². The fourth-order valence-electron chi connectivity index (χ4n) is 0.752. The van der Waals surface area contributed by atoms with Gasteiger partial charge in [0.2, 0.25) is 0 Å². The minimum atomic E-state index is -0.914. The average molecular weight is 134 g/mol. The van der Waals surface area contributed by atoms with Gasteiger partial charge in [0, 0.05) is 6.42 Å². The van der Waals surface area contributed by atoms with Crippen molar-refractivity contribution in [1.82, 2.24) is 0 Å². The van der Waals surface area contributed by atoms with Crippen molar-refractivity contribution in [3.63, 3.8) is 0 Å². The van der Waals surface area contributed by atoms with E-state index in [-0.39, 0.29) is 13.0 Å². The summed E-state index contributed by atoms with van der Waals surface area (Å²) in [7, 11) is 0. The van der Waals surface area contributed by atoms with Crippen LogP contribution in [0.25, 0.3) is 0 Å². The van der Waals surface area contributed by atoms with E-state index in [1.807, 2.05) is 0 Å². The van der Waals surface area contributed by atoms with E-state index in [0.717, 1.165) is 0 Å². The molecule has 0 aromatic carbocycles. The normalized spacial score (nSPS) is 45.0. The molecule has 1 unspecified atom stereocenters. The lowest BCUT2D eigenvalue weighted by molar-refractivity contribution is -0.193. The highest BCUT2D eigenvalue weighted by molar-refractivity contribution is 4.72. The molecule has 0 bridgehead atoms. The Bertz CT molecular complexity index is 95.0. The molecular formula is C5H10O4. The molecular weight excluding hydrogens is 124 g/mol. The van der Waals surface area contributed by atoms with Crippen LogP contribution < -0.4 is 0 Å². The van der Waals surface area contributed by atoms with Gasteiger partial charge in [-0.25, -0.2) is 0 Å². The third kappa shape index (κ3) is 1.62. The SMILES string of the molecule is OC1C[C@@H](O)[C@H](O)CO1. The van der Waals surface area contributed by atoms with E-state index in [0.29, 0.717) is 0 Å². The van der Waals surface area contributed by atoms with E-state index in [9.17, 15) is 0 Å². The van der Waals surface area contributed by atoms with Crippen LogP contribution in [0.3, 0.4) is 0 Å². The summed E-state index contributed by atoms with van der Waals surface area (Å²) < 4.78 is 4.61. The van der Waals surface area contributed by atoms with Crippen molar-refractivity contribution < 1.29 is 20.1 Å². The van der Waals surface area contributed by atoms with E-state index < -0.39 is 18.5 Å². The van der Waals surface area contributed by atoms with Gasteiger partial charge in [-0.2, -0.15) is 0 Å². The number of ether oxygens (including phenoxy) is 1. The largest absolute Gasteiger partial charge is 0.390 e. The summed E-state index contributed by atoms with van der Waals surface area (Å²) in [5.74, 6) is 0. The highest BCUT2D eigenvalue weighted by Crippen LogP contribution is 2.11. The molecule has 0 aromatic rings. The van der Waals surface area contributed by atoms with Crippen LogP contribution in [0.2, 0.25) is 0 Å². The van der Waals surface area contributed by atoms with Gasteiger partial charge < -0.3 is 20.1 Å². The first kappa shape index (κ1) is 6.95. The van der Waals surface area contributed by atoms with Crippen molar-refractivity contribution in [3.05, 3.63) is 0 Å². The van der Waals surface area contributed by atoms with Crippen molar-refractivity contribution in [2.24, 2.45) is 0 Å². The standard InChI is InChI=1S/C5H10O4/c6-3-1-5(8)9-2-4(3)7/h3-8H,1-2H2/t3-,4-,5?/m1/s1. The molecule has 54 valence electrons. The Hall–Kier alpha value is -0.160. The Labute approximate surface area is 52.7 Å². The summed E-state index contributed by atoms with van der Waals surface area (Å²) in [4.78, 5) is 0. The molecule has 0 aromatic heterocycles. The van der Waals surface area contributed by atoms with E-state index in [2.05, 4.69) is 4.74 Å². The number of rotatable bonds is 0. The Morgan fingerprint density at radius 3 is 2.22 bits per heavy atom. The average Bonchev–Trinajstić information content (AvgIpc) is 1.80. The van der Waals surface area contributed by atoms with Gasteiger partial charge in [-0.15, -0.1) is 0 Å². The lowest BCUT2D eigenvalue weighted by atomic mass is 10.1. The van der Waals surface area contributed by atoms with Crippen LogP contribution >= 0.6 is 0 Å². The first-order valence-corrected chi connectivity index (χ1v) is 2.86. The Morgan fingerprint density at radius 1 is 1.11 bits per heavy atom. The van der Waals surface area contributed by atoms with Crippen molar-refractivity contribution in [1.29, 1.82) is 0 Å². The van der Waals surface area contributed by atoms with Crippen molar-refractivity contribution >= 4 is 0 Å². The van der Waals surface area contributed by atoms with Crippen LogP contribution in [0, 0.1) is 0 Å². The van der Waals surface area contributed by atoms with Crippen LogP contribution in [-0.2, 0) is 4.74 Å². The first-order chi connectivity index (χ1) is 4.20. The second kappa shape index (κ2) is 2.62. The van der Waals surface area contributed by atoms with E-state index in [4.69, 9.17) is 15.3 Å². The minimum absolute atomic E-state index is 0.0162. The van der Waals surface area contributed by atoms with Gasteiger partial charge in [0.25, 0.3) is 0 Å². The molecule has 1 heterocycles. The molecule has 1 aliphatic rings. The first-order valence-electron chi connectivity index (χ1n) is 2.86.